The van der Waals surface area contributed by atoms with Crippen molar-refractivity contribution in [3.63, 3.8) is 0 Å². The molecule has 6 heteroatoms. The van der Waals surface area contributed by atoms with E-state index in [2.05, 4.69) is 5.32 Å². The van der Waals surface area contributed by atoms with Crippen LogP contribution in [0, 0.1) is 6.92 Å². The molecule has 26 heavy (non-hydrogen) atoms. The van der Waals surface area contributed by atoms with E-state index in [9.17, 15) is 9.59 Å². The Hall–Kier alpha value is -3.02. The number of aryl methyl sites for hydroxylation is 1. The van der Waals surface area contributed by atoms with E-state index >= 15 is 0 Å². The predicted octanol–water partition coefficient (Wildman–Crippen LogP) is 2.50. The van der Waals surface area contributed by atoms with Gasteiger partial charge in [-0.3, -0.25) is 9.59 Å². The fourth-order valence-electron chi connectivity index (χ4n) is 2.71. The summed E-state index contributed by atoms with van der Waals surface area (Å²) in [5.74, 6) is 0.981. The van der Waals surface area contributed by atoms with E-state index < -0.39 is 0 Å². The third-order valence-corrected chi connectivity index (χ3v) is 4.24. The highest BCUT2D eigenvalue weighted by molar-refractivity contribution is 5.94. The highest BCUT2D eigenvalue weighted by Crippen LogP contribution is 2.32. The lowest BCUT2D eigenvalue weighted by molar-refractivity contribution is -0.129. The molecule has 1 N–H and O–H groups in total. The van der Waals surface area contributed by atoms with Crippen LogP contribution in [0.2, 0.25) is 0 Å². The van der Waals surface area contributed by atoms with E-state index in [-0.39, 0.29) is 18.6 Å². The third-order valence-electron chi connectivity index (χ3n) is 4.24. The molecule has 0 saturated heterocycles. The molecule has 2 amide bonds. The van der Waals surface area contributed by atoms with Crippen LogP contribution in [-0.2, 0) is 11.3 Å². The lowest BCUT2D eigenvalue weighted by Gasteiger charge is -2.21. The van der Waals surface area contributed by atoms with Gasteiger partial charge in [0, 0.05) is 32.1 Å². The van der Waals surface area contributed by atoms with Crippen LogP contribution in [0.4, 0.5) is 0 Å². The Balaban J connectivity index is 1.53. The first-order valence-corrected chi connectivity index (χ1v) is 8.52. The van der Waals surface area contributed by atoms with E-state index in [1.807, 2.05) is 31.2 Å². The minimum absolute atomic E-state index is 0.0251. The van der Waals surface area contributed by atoms with Gasteiger partial charge in [-0.1, -0.05) is 29.8 Å². The second-order valence-electron chi connectivity index (χ2n) is 6.25. The number of nitrogens with one attached hydrogen (secondary N) is 1. The van der Waals surface area contributed by atoms with Crippen molar-refractivity contribution in [2.24, 2.45) is 0 Å². The van der Waals surface area contributed by atoms with Crippen molar-refractivity contribution < 1.29 is 19.1 Å². The molecule has 0 saturated carbocycles. The summed E-state index contributed by atoms with van der Waals surface area (Å²) in [7, 11) is 0. The smallest absolute Gasteiger partial charge is 0.251 e. The van der Waals surface area contributed by atoms with Crippen LogP contribution in [0.25, 0.3) is 0 Å². The van der Waals surface area contributed by atoms with Gasteiger partial charge >= 0.3 is 0 Å². The number of carbonyl (C=O) groups is 2. The van der Waals surface area contributed by atoms with Gasteiger partial charge in [0.2, 0.25) is 12.7 Å². The summed E-state index contributed by atoms with van der Waals surface area (Å²) in [4.78, 5) is 25.9. The first kappa shape index (κ1) is 17.8. The first-order valence-electron chi connectivity index (χ1n) is 8.52. The normalized spacial score (nSPS) is 11.9. The number of nitrogens with zero attached hydrogens (tertiary/aromatic N) is 1. The molecule has 136 valence electrons. The number of hydrogen-bond donors (Lipinski definition) is 1. The Kier molecular flexibility index (Phi) is 5.41. The van der Waals surface area contributed by atoms with Crippen molar-refractivity contribution in [2.75, 3.05) is 19.9 Å². The van der Waals surface area contributed by atoms with E-state index in [4.69, 9.17) is 9.47 Å². The summed E-state index contributed by atoms with van der Waals surface area (Å²) >= 11 is 0. The van der Waals surface area contributed by atoms with Crippen LogP contribution in [0.5, 0.6) is 11.5 Å². The summed E-state index contributed by atoms with van der Waals surface area (Å²) in [6.07, 6.45) is 0. The van der Waals surface area contributed by atoms with Crippen LogP contribution in [-0.4, -0.2) is 36.6 Å². The number of amides is 2. The average molecular weight is 354 g/mol. The molecular weight excluding hydrogens is 332 g/mol. The van der Waals surface area contributed by atoms with Gasteiger partial charge in [0.1, 0.15) is 0 Å². The number of hydrogen-bond acceptors (Lipinski definition) is 4. The molecule has 0 bridgehead atoms. The van der Waals surface area contributed by atoms with Crippen LogP contribution < -0.4 is 14.8 Å². The highest BCUT2D eigenvalue weighted by atomic mass is 16.7. The lowest BCUT2D eigenvalue weighted by Crippen LogP contribution is -2.37. The van der Waals surface area contributed by atoms with Crippen molar-refractivity contribution in [3.05, 3.63) is 59.2 Å². The molecule has 0 aromatic heterocycles. The Bertz CT molecular complexity index is 802. The molecule has 6 nitrogen and oxygen atoms in total. The molecule has 1 heterocycles. The zero-order valence-corrected chi connectivity index (χ0v) is 15.0. The van der Waals surface area contributed by atoms with Crippen molar-refractivity contribution in [3.8, 4) is 11.5 Å². The summed E-state index contributed by atoms with van der Waals surface area (Å²) in [5, 5.41) is 2.84. The number of ether oxygens (including phenoxy) is 2. The molecular formula is C20H22N2O4. The van der Waals surface area contributed by atoms with E-state index in [1.165, 1.54) is 12.5 Å². The summed E-state index contributed by atoms with van der Waals surface area (Å²) < 4.78 is 10.5. The van der Waals surface area contributed by atoms with E-state index in [1.54, 1.807) is 23.1 Å². The molecule has 0 radical (unpaired) electrons. The fraction of sp³-hybridized carbons (Fsp3) is 0.300. The van der Waals surface area contributed by atoms with Crippen molar-refractivity contribution >= 4 is 11.8 Å². The first-order chi connectivity index (χ1) is 12.5. The van der Waals surface area contributed by atoms with Crippen molar-refractivity contribution in [1.82, 2.24) is 10.2 Å². The van der Waals surface area contributed by atoms with Crippen LogP contribution in [0.15, 0.2) is 42.5 Å². The zero-order valence-electron chi connectivity index (χ0n) is 15.0. The minimum atomic E-state index is -0.206. The standard InChI is InChI=1S/C20H22N2O4/c1-14-3-5-16(6-4-14)12-22(15(2)23)10-9-21-20(24)17-7-8-18-19(11-17)26-13-25-18/h3-8,11H,9-10,12-13H2,1-2H3,(H,21,24). The minimum Gasteiger partial charge on any atom is -0.454 e. The Morgan fingerprint density at radius 2 is 1.81 bits per heavy atom. The second-order valence-corrected chi connectivity index (χ2v) is 6.25. The Labute approximate surface area is 152 Å². The molecule has 0 aliphatic carbocycles. The topological polar surface area (TPSA) is 67.9 Å². The highest BCUT2D eigenvalue weighted by Gasteiger charge is 2.16. The van der Waals surface area contributed by atoms with Gasteiger partial charge in [-0.2, -0.15) is 0 Å². The maximum Gasteiger partial charge on any atom is 0.251 e. The van der Waals surface area contributed by atoms with Gasteiger partial charge in [-0.05, 0) is 30.7 Å². The van der Waals surface area contributed by atoms with E-state index in [0.717, 1.165) is 5.56 Å². The van der Waals surface area contributed by atoms with Crippen molar-refractivity contribution in [1.29, 1.82) is 0 Å². The van der Waals surface area contributed by atoms with Gasteiger partial charge in [0.15, 0.2) is 11.5 Å². The third kappa shape index (κ3) is 4.33. The molecule has 1 aliphatic rings. The number of fused-ring (bicyclic) bond motifs is 1. The Morgan fingerprint density at radius 1 is 1.08 bits per heavy atom. The van der Waals surface area contributed by atoms with Crippen LogP contribution in [0.3, 0.4) is 0 Å². The molecule has 1 aliphatic heterocycles. The van der Waals surface area contributed by atoms with Gasteiger partial charge in [-0.25, -0.2) is 0 Å². The number of carbonyl (C=O) groups excluding carboxylic acids is 2. The van der Waals surface area contributed by atoms with Gasteiger partial charge in [0.05, 0.1) is 0 Å². The molecule has 0 atom stereocenters. The van der Waals surface area contributed by atoms with Crippen LogP contribution >= 0.6 is 0 Å². The fourth-order valence-corrected chi connectivity index (χ4v) is 2.71. The van der Waals surface area contributed by atoms with Gasteiger partial charge in [-0.15, -0.1) is 0 Å². The summed E-state index contributed by atoms with van der Waals surface area (Å²) in [6, 6.07) is 13.1. The van der Waals surface area contributed by atoms with Crippen molar-refractivity contribution in [2.45, 2.75) is 20.4 Å². The molecule has 0 unspecified atom stereocenters. The monoisotopic (exact) mass is 354 g/mol. The SMILES string of the molecule is CC(=O)N(CCNC(=O)c1ccc2c(c1)OCO2)Cc1ccc(C)cc1. The summed E-state index contributed by atoms with van der Waals surface area (Å²) in [5.41, 5.74) is 2.74. The lowest BCUT2D eigenvalue weighted by atomic mass is 10.1. The second kappa shape index (κ2) is 7.91. The maximum atomic E-state index is 12.3. The molecule has 3 rings (SSSR count). The Morgan fingerprint density at radius 3 is 2.54 bits per heavy atom. The van der Waals surface area contributed by atoms with Gasteiger partial charge in [0.25, 0.3) is 5.91 Å². The van der Waals surface area contributed by atoms with Gasteiger partial charge < -0.3 is 19.7 Å². The number of benzene rings is 2. The molecule has 0 spiro atoms. The zero-order chi connectivity index (χ0) is 18.5. The quantitative estimate of drug-likeness (QED) is 0.865. The maximum absolute atomic E-state index is 12.3. The molecule has 0 fully saturated rings. The predicted molar refractivity (Wildman–Crippen MR) is 97.2 cm³/mol. The molecule has 2 aromatic rings. The largest absolute Gasteiger partial charge is 0.454 e. The summed E-state index contributed by atoms with van der Waals surface area (Å²) in [6.45, 7) is 5.08. The van der Waals surface area contributed by atoms with E-state index in [0.29, 0.717) is 36.7 Å². The molecule has 2 aromatic carbocycles. The average Bonchev–Trinajstić information content (AvgIpc) is 3.10. The van der Waals surface area contributed by atoms with Crippen LogP contribution in [0.1, 0.15) is 28.4 Å². The number of rotatable bonds is 6.